The highest BCUT2D eigenvalue weighted by Gasteiger charge is 2.24. The van der Waals surface area contributed by atoms with Crippen LogP contribution in [0.3, 0.4) is 0 Å². The lowest BCUT2D eigenvalue weighted by Crippen LogP contribution is -2.21. The molecular weight excluding hydrogens is 721 g/mol. The molecule has 0 saturated carbocycles. The number of benzene rings is 3. The maximum Gasteiger partial charge on any atom is 0.333 e. The number of carbonyl (C=O) groups is 1. The van der Waals surface area contributed by atoms with Gasteiger partial charge in [0.1, 0.15) is 11.5 Å². The molecule has 0 radical (unpaired) electrons. The molecule has 1 aliphatic rings. The van der Waals surface area contributed by atoms with E-state index in [-0.39, 0.29) is 34.2 Å². The van der Waals surface area contributed by atoms with Crippen LogP contribution in [0.4, 0.5) is 0 Å². The maximum absolute atomic E-state index is 13.7. The van der Waals surface area contributed by atoms with Crippen LogP contribution in [0, 0.1) is 17.8 Å². The molecule has 3 aromatic carbocycles. The Labute approximate surface area is 326 Å². The summed E-state index contributed by atoms with van der Waals surface area (Å²) in [6.45, 7) is 16.7. The summed E-state index contributed by atoms with van der Waals surface area (Å²) in [6, 6.07) is 19.5. The van der Waals surface area contributed by atoms with Crippen LogP contribution in [0.2, 0.25) is 0 Å². The van der Waals surface area contributed by atoms with E-state index in [1.165, 1.54) is 0 Å². The van der Waals surface area contributed by atoms with Gasteiger partial charge >= 0.3 is 5.97 Å². The van der Waals surface area contributed by atoms with Gasteiger partial charge in [-0.2, -0.15) is 0 Å². The summed E-state index contributed by atoms with van der Waals surface area (Å²) < 4.78 is 61.1. The Hall–Kier alpha value is -4.52. The molecule has 11 heteroatoms. The lowest BCUT2D eigenvalue weighted by atomic mass is 9.89. The number of ether oxygens (including phenoxy) is 6. The number of aliphatic hydroxyl groups excluding tert-OH is 1. The molecule has 4 atom stereocenters. The fourth-order valence-corrected chi connectivity index (χ4v) is 7.10. The normalized spacial score (nSPS) is 15.9. The second-order valence-corrected chi connectivity index (χ2v) is 16.1. The highest BCUT2D eigenvalue weighted by atomic mass is 32.2. The van der Waals surface area contributed by atoms with E-state index in [0.717, 1.165) is 33.6 Å². The summed E-state index contributed by atoms with van der Waals surface area (Å²) >= 11 is 0. The molecule has 0 spiro atoms. The molecule has 1 N–H and O–H groups in total. The Kier molecular flexibility index (Phi) is 16.0. The third-order valence-corrected chi connectivity index (χ3v) is 10.8. The number of methoxy groups -OCH3 is 2. The second-order valence-electron chi connectivity index (χ2n) is 14.1. The van der Waals surface area contributed by atoms with E-state index in [4.69, 9.17) is 28.4 Å². The minimum Gasteiger partial charge on any atom is -0.501 e. The van der Waals surface area contributed by atoms with Crippen molar-refractivity contribution in [2.75, 3.05) is 47.3 Å². The minimum atomic E-state index is -3.78. The first-order valence-corrected chi connectivity index (χ1v) is 19.7. The molecule has 55 heavy (non-hydrogen) atoms. The zero-order valence-corrected chi connectivity index (χ0v) is 33.5. The fourth-order valence-electron chi connectivity index (χ4n) is 5.84. The van der Waals surface area contributed by atoms with Gasteiger partial charge in [-0.05, 0) is 90.6 Å². The van der Waals surface area contributed by atoms with Gasteiger partial charge in [-0.1, -0.05) is 63.4 Å². The average Bonchev–Trinajstić information content (AvgIpc) is 3.18. The largest absolute Gasteiger partial charge is 0.501 e. The zero-order chi connectivity index (χ0) is 40.1. The molecule has 0 amide bonds. The SMILES string of the molecule is C=C(C)C(=O)OCC(C)COC[C@@H]1CC(c2ccc(S(=O)(=O)c3ccc(-c4ccc(OC)c(COCC(C)COC(O)C(=C)C)c4)cc3)cc2)=CC=C1OC. The molecule has 0 heterocycles. The van der Waals surface area contributed by atoms with Gasteiger partial charge < -0.3 is 33.5 Å². The number of rotatable bonds is 21. The predicted molar refractivity (Wildman–Crippen MR) is 213 cm³/mol. The zero-order valence-electron chi connectivity index (χ0n) is 32.7. The van der Waals surface area contributed by atoms with Crippen LogP contribution in [0.15, 0.2) is 119 Å². The van der Waals surface area contributed by atoms with E-state index in [1.54, 1.807) is 64.5 Å². The molecule has 0 bridgehead atoms. The van der Waals surface area contributed by atoms with Crippen LogP contribution in [0.5, 0.6) is 5.75 Å². The second kappa shape index (κ2) is 20.4. The Balaban J connectivity index is 1.37. The van der Waals surface area contributed by atoms with Gasteiger partial charge in [-0.25, -0.2) is 13.2 Å². The van der Waals surface area contributed by atoms with Crippen LogP contribution in [0.1, 0.15) is 45.2 Å². The topological polar surface area (TPSA) is 127 Å². The van der Waals surface area contributed by atoms with E-state index in [1.807, 2.05) is 56.3 Å². The molecule has 3 unspecified atom stereocenters. The van der Waals surface area contributed by atoms with Crippen molar-refractivity contribution >= 4 is 21.4 Å². The number of allylic oxidation sites excluding steroid dienone is 3. The predicted octanol–water partition coefficient (Wildman–Crippen LogP) is 7.96. The number of hydrogen-bond donors (Lipinski definition) is 1. The van der Waals surface area contributed by atoms with Gasteiger partial charge in [0.2, 0.25) is 9.84 Å². The van der Waals surface area contributed by atoms with E-state index >= 15 is 0 Å². The quantitative estimate of drug-likeness (QED) is 0.0493. The molecule has 0 fully saturated rings. The number of aliphatic hydroxyl groups is 1. The van der Waals surface area contributed by atoms with E-state index < -0.39 is 22.1 Å². The van der Waals surface area contributed by atoms with Crippen molar-refractivity contribution in [1.82, 2.24) is 0 Å². The van der Waals surface area contributed by atoms with Crippen molar-refractivity contribution in [3.63, 3.8) is 0 Å². The molecule has 1 aliphatic carbocycles. The maximum atomic E-state index is 13.7. The van der Waals surface area contributed by atoms with Crippen LogP contribution in [-0.2, 0) is 44.9 Å². The van der Waals surface area contributed by atoms with Gasteiger partial charge in [0.25, 0.3) is 0 Å². The summed E-state index contributed by atoms with van der Waals surface area (Å²) in [5.74, 6) is 1.11. The van der Waals surface area contributed by atoms with Crippen LogP contribution < -0.4 is 4.74 Å². The molecule has 0 aliphatic heterocycles. The standard InChI is InChI=1S/C44H54O10S/c1-29(2)43(45)53-25-31(5)23-51-27-37-21-35(13-19-41(37)49-7)33-9-15-39(16-10-33)55(47,48)40-17-11-34(12-18-40)36-14-20-42(50-8)38(22-36)28-52-24-32(6)26-54-44(46)30(3)4/h9-21,31-32,38,43,45H,1,3,22-28H2,2,4-8H3/t31?,32?,38-,43?/m0/s1. The highest BCUT2D eigenvalue weighted by molar-refractivity contribution is 7.91. The van der Waals surface area contributed by atoms with Crippen LogP contribution in [-0.4, -0.2) is 73.0 Å². The average molecular weight is 775 g/mol. The molecule has 10 nitrogen and oxygen atoms in total. The van der Waals surface area contributed by atoms with Gasteiger partial charge in [-0.3, -0.25) is 0 Å². The first-order chi connectivity index (χ1) is 26.2. The Morgan fingerprint density at radius 3 is 2.00 bits per heavy atom. The third-order valence-electron chi connectivity index (χ3n) is 9.06. The molecule has 4 rings (SSSR count). The van der Waals surface area contributed by atoms with E-state index in [2.05, 4.69) is 13.2 Å². The smallest absolute Gasteiger partial charge is 0.333 e. The Bertz CT molecular complexity index is 1940. The van der Waals surface area contributed by atoms with Gasteiger partial charge in [0.05, 0.1) is 63.7 Å². The third kappa shape index (κ3) is 12.2. The molecule has 0 aromatic heterocycles. The summed E-state index contributed by atoms with van der Waals surface area (Å²) in [7, 11) is -0.540. The number of sulfone groups is 1. The monoisotopic (exact) mass is 774 g/mol. The van der Waals surface area contributed by atoms with Gasteiger partial charge in [0.15, 0.2) is 6.29 Å². The van der Waals surface area contributed by atoms with Crippen molar-refractivity contribution < 1.29 is 46.7 Å². The van der Waals surface area contributed by atoms with Crippen molar-refractivity contribution in [2.24, 2.45) is 17.8 Å². The summed E-state index contributed by atoms with van der Waals surface area (Å²) in [6.07, 6.45) is 3.57. The molecule has 3 aromatic rings. The Morgan fingerprint density at radius 2 is 1.40 bits per heavy atom. The summed E-state index contributed by atoms with van der Waals surface area (Å²) in [5.41, 5.74) is 5.44. The summed E-state index contributed by atoms with van der Waals surface area (Å²) in [4.78, 5) is 12.1. The van der Waals surface area contributed by atoms with Gasteiger partial charge in [-0.15, -0.1) is 0 Å². The van der Waals surface area contributed by atoms with Crippen LogP contribution in [0.25, 0.3) is 16.7 Å². The van der Waals surface area contributed by atoms with Crippen LogP contribution >= 0.6 is 0 Å². The van der Waals surface area contributed by atoms with Crippen molar-refractivity contribution in [2.45, 2.75) is 56.8 Å². The minimum absolute atomic E-state index is 0.0129. The first-order valence-electron chi connectivity index (χ1n) is 18.2. The highest BCUT2D eigenvalue weighted by Crippen LogP contribution is 2.34. The van der Waals surface area contributed by atoms with E-state index in [9.17, 15) is 18.3 Å². The molecular formula is C44H54O10S. The molecule has 296 valence electrons. The first kappa shape index (κ1) is 43.2. The van der Waals surface area contributed by atoms with Crippen molar-refractivity contribution in [3.8, 4) is 16.9 Å². The Morgan fingerprint density at radius 1 is 0.800 bits per heavy atom. The fraction of sp³-hybridized carbons (Fsp3) is 0.386. The summed E-state index contributed by atoms with van der Waals surface area (Å²) in [5, 5.41) is 9.81. The van der Waals surface area contributed by atoms with Crippen molar-refractivity contribution in [3.05, 3.63) is 120 Å². The van der Waals surface area contributed by atoms with Crippen molar-refractivity contribution in [1.29, 1.82) is 0 Å². The number of hydrogen-bond acceptors (Lipinski definition) is 10. The lowest BCUT2D eigenvalue weighted by Gasteiger charge is -2.25. The molecule has 0 saturated heterocycles. The lowest BCUT2D eigenvalue weighted by molar-refractivity contribution is -0.140. The van der Waals surface area contributed by atoms with Gasteiger partial charge in [0, 0.05) is 28.9 Å². The van der Waals surface area contributed by atoms with E-state index in [0.29, 0.717) is 56.4 Å². The number of esters is 1. The number of carbonyl (C=O) groups excluding carboxylic acids is 1.